The lowest BCUT2D eigenvalue weighted by atomic mass is 10.2. The Morgan fingerprint density at radius 1 is 1.07 bits per heavy atom. The van der Waals surface area contributed by atoms with Crippen molar-refractivity contribution < 1.29 is 26.7 Å². The zero-order valence-corrected chi connectivity index (χ0v) is 7.11. The van der Waals surface area contributed by atoms with Crippen LogP contribution in [0.2, 0.25) is 0 Å². The standard InChI is InChI=1S/C8H7F5O/c1-2-3-4-5-6(14)7(9,10)8(11,12)13/h2-5H,1H3/b3-2+,5-4+. The van der Waals surface area contributed by atoms with Crippen molar-refractivity contribution in [3.8, 4) is 0 Å². The fraction of sp³-hybridized carbons (Fsp3) is 0.375. The molecule has 0 radical (unpaired) electrons. The molecule has 0 rings (SSSR count). The molecule has 14 heavy (non-hydrogen) atoms. The Labute approximate surface area is 76.9 Å². The number of carbonyl (C=O) groups excluding carboxylic acids is 1. The topological polar surface area (TPSA) is 17.1 Å². The van der Waals surface area contributed by atoms with Gasteiger partial charge in [0.1, 0.15) is 0 Å². The van der Waals surface area contributed by atoms with Crippen molar-refractivity contribution in [2.75, 3.05) is 0 Å². The molecule has 0 N–H and O–H groups in total. The average molecular weight is 214 g/mol. The predicted octanol–water partition coefficient (Wildman–Crippen LogP) is 2.89. The maximum atomic E-state index is 12.2. The molecule has 0 aromatic rings. The molecule has 0 heterocycles. The van der Waals surface area contributed by atoms with Gasteiger partial charge in [0.05, 0.1) is 0 Å². The van der Waals surface area contributed by atoms with E-state index in [1.54, 1.807) is 0 Å². The first-order valence-electron chi connectivity index (χ1n) is 3.52. The van der Waals surface area contributed by atoms with E-state index in [1.165, 1.54) is 19.1 Å². The normalized spacial score (nSPS) is 14.1. The summed E-state index contributed by atoms with van der Waals surface area (Å²) in [7, 11) is 0. The molecule has 0 aliphatic carbocycles. The molecule has 0 amide bonds. The van der Waals surface area contributed by atoms with Gasteiger partial charge in [0.25, 0.3) is 0 Å². The van der Waals surface area contributed by atoms with Crippen molar-refractivity contribution in [3.63, 3.8) is 0 Å². The summed E-state index contributed by atoms with van der Waals surface area (Å²) in [6.45, 7) is 1.52. The van der Waals surface area contributed by atoms with Crippen molar-refractivity contribution in [1.29, 1.82) is 0 Å². The molecule has 6 heteroatoms. The Morgan fingerprint density at radius 2 is 1.57 bits per heavy atom. The molecule has 0 saturated carbocycles. The number of carbonyl (C=O) groups is 1. The van der Waals surface area contributed by atoms with Crippen LogP contribution >= 0.6 is 0 Å². The molecule has 0 bridgehead atoms. The van der Waals surface area contributed by atoms with Crippen molar-refractivity contribution >= 4 is 5.78 Å². The largest absolute Gasteiger partial charge is 0.461 e. The summed E-state index contributed by atoms with van der Waals surface area (Å²) in [5.41, 5.74) is 0. The summed E-state index contributed by atoms with van der Waals surface area (Å²) in [6, 6.07) is 0. The lowest BCUT2D eigenvalue weighted by molar-refractivity contribution is -0.266. The summed E-state index contributed by atoms with van der Waals surface area (Å²) >= 11 is 0. The van der Waals surface area contributed by atoms with E-state index in [0.29, 0.717) is 0 Å². The number of hydrogen-bond acceptors (Lipinski definition) is 1. The first kappa shape index (κ1) is 12.8. The zero-order chi connectivity index (χ0) is 11.4. The smallest absolute Gasteiger partial charge is 0.288 e. The number of hydrogen-bond donors (Lipinski definition) is 0. The number of alkyl halides is 5. The second-order valence-electron chi connectivity index (χ2n) is 2.32. The van der Waals surface area contributed by atoms with E-state index in [4.69, 9.17) is 0 Å². The van der Waals surface area contributed by atoms with Gasteiger partial charge in [-0.15, -0.1) is 0 Å². The van der Waals surface area contributed by atoms with E-state index < -0.39 is 17.9 Å². The molecule has 0 aromatic carbocycles. The van der Waals surface area contributed by atoms with Gasteiger partial charge in [0.15, 0.2) is 0 Å². The number of rotatable bonds is 3. The van der Waals surface area contributed by atoms with Crippen LogP contribution < -0.4 is 0 Å². The highest BCUT2D eigenvalue weighted by Crippen LogP contribution is 2.36. The molecule has 0 atom stereocenters. The summed E-state index contributed by atoms with van der Waals surface area (Å²) in [6.07, 6.45) is -2.28. The molecular formula is C8H7F5O. The first-order chi connectivity index (χ1) is 6.23. The van der Waals surface area contributed by atoms with Gasteiger partial charge in [-0.1, -0.05) is 18.2 Å². The van der Waals surface area contributed by atoms with Gasteiger partial charge < -0.3 is 0 Å². The van der Waals surface area contributed by atoms with Gasteiger partial charge >= 0.3 is 12.1 Å². The summed E-state index contributed by atoms with van der Waals surface area (Å²) in [5, 5.41) is 0. The van der Waals surface area contributed by atoms with Crippen LogP contribution in [0.5, 0.6) is 0 Å². The van der Waals surface area contributed by atoms with Gasteiger partial charge in [-0.2, -0.15) is 22.0 Å². The Balaban J connectivity index is 4.69. The van der Waals surface area contributed by atoms with Gasteiger partial charge in [-0.25, -0.2) is 0 Å². The van der Waals surface area contributed by atoms with Crippen LogP contribution in [-0.4, -0.2) is 17.9 Å². The third kappa shape index (κ3) is 2.93. The molecular weight excluding hydrogens is 207 g/mol. The van der Waals surface area contributed by atoms with Crippen LogP contribution in [0.25, 0.3) is 0 Å². The van der Waals surface area contributed by atoms with E-state index in [-0.39, 0.29) is 6.08 Å². The fourth-order valence-corrected chi connectivity index (χ4v) is 0.498. The van der Waals surface area contributed by atoms with Crippen LogP contribution in [-0.2, 0) is 4.79 Å². The minimum absolute atomic E-state index is 0.188. The van der Waals surface area contributed by atoms with Crippen molar-refractivity contribution in [3.05, 3.63) is 24.3 Å². The Bertz CT molecular complexity index is 261. The molecule has 0 unspecified atom stereocenters. The summed E-state index contributed by atoms with van der Waals surface area (Å²) in [4.78, 5) is 10.4. The predicted molar refractivity (Wildman–Crippen MR) is 40.0 cm³/mol. The second kappa shape index (κ2) is 4.34. The van der Waals surface area contributed by atoms with Gasteiger partial charge in [-0.05, 0) is 13.0 Å². The highest BCUT2D eigenvalue weighted by molar-refractivity contribution is 5.96. The minimum Gasteiger partial charge on any atom is -0.288 e. The van der Waals surface area contributed by atoms with E-state index in [9.17, 15) is 26.7 Å². The number of ketones is 1. The summed E-state index contributed by atoms with van der Waals surface area (Å²) < 4.78 is 59.1. The zero-order valence-electron chi connectivity index (χ0n) is 7.11. The Kier molecular flexibility index (Phi) is 3.97. The van der Waals surface area contributed by atoms with Crippen molar-refractivity contribution in [1.82, 2.24) is 0 Å². The average Bonchev–Trinajstić information content (AvgIpc) is 2.02. The SMILES string of the molecule is C/C=C/C=C/C(=O)C(F)(F)C(F)(F)F. The lowest BCUT2D eigenvalue weighted by Gasteiger charge is -2.15. The highest BCUT2D eigenvalue weighted by atomic mass is 19.4. The maximum absolute atomic E-state index is 12.2. The highest BCUT2D eigenvalue weighted by Gasteiger charge is 2.62. The summed E-state index contributed by atoms with van der Waals surface area (Å²) in [5.74, 6) is -7.59. The molecule has 0 spiro atoms. The molecule has 0 aliphatic heterocycles. The molecule has 1 nitrogen and oxygen atoms in total. The molecule has 80 valence electrons. The van der Waals surface area contributed by atoms with Gasteiger partial charge in [0, 0.05) is 0 Å². The van der Waals surface area contributed by atoms with Crippen molar-refractivity contribution in [2.24, 2.45) is 0 Å². The third-order valence-electron chi connectivity index (χ3n) is 1.22. The Hall–Kier alpha value is -1.20. The van der Waals surface area contributed by atoms with E-state index in [0.717, 1.165) is 6.08 Å². The van der Waals surface area contributed by atoms with E-state index in [2.05, 4.69) is 0 Å². The first-order valence-corrected chi connectivity index (χ1v) is 3.52. The van der Waals surface area contributed by atoms with E-state index >= 15 is 0 Å². The van der Waals surface area contributed by atoms with Crippen LogP contribution in [0, 0.1) is 0 Å². The van der Waals surface area contributed by atoms with Gasteiger partial charge in [0.2, 0.25) is 5.78 Å². The molecule has 0 aliphatic rings. The van der Waals surface area contributed by atoms with Crippen molar-refractivity contribution in [2.45, 2.75) is 19.0 Å². The Morgan fingerprint density at radius 3 is 1.93 bits per heavy atom. The molecule has 0 fully saturated rings. The maximum Gasteiger partial charge on any atom is 0.461 e. The van der Waals surface area contributed by atoms with E-state index in [1.807, 2.05) is 0 Å². The van der Waals surface area contributed by atoms with Crippen LogP contribution in [0.4, 0.5) is 22.0 Å². The quantitative estimate of drug-likeness (QED) is 0.401. The second-order valence-corrected chi connectivity index (χ2v) is 2.32. The monoisotopic (exact) mass is 214 g/mol. The number of allylic oxidation sites excluding steroid dienone is 4. The van der Waals surface area contributed by atoms with Crippen LogP contribution in [0.15, 0.2) is 24.3 Å². The third-order valence-corrected chi connectivity index (χ3v) is 1.22. The molecule has 0 aromatic heterocycles. The van der Waals surface area contributed by atoms with Crippen LogP contribution in [0.1, 0.15) is 6.92 Å². The van der Waals surface area contributed by atoms with Crippen LogP contribution in [0.3, 0.4) is 0 Å². The molecule has 0 saturated heterocycles. The minimum atomic E-state index is -5.84. The van der Waals surface area contributed by atoms with Gasteiger partial charge in [-0.3, -0.25) is 4.79 Å². The number of halogens is 5. The lowest BCUT2D eigenvalue weighted by Crippen LogP contribution is -2.43. The fourth-order valence-electron chi connectivity index (χ4n) is 0.498.